The maximum absolute atomic E-state index is 12.3. The molecule has 1 unspecified atom stereocenters. The molecule has 0 aliphatic carbocycles. The minimum atomic E-state index is -0.102. The van der Waals surface area contributed by atoms with E-state index in [1.165, 1.54) is 12.8 Å². The lowest BCUT2D eigenvalue weighted by Crippen LogP contribution is -2.53. The normalized spacial score (nSPS) is 18.9. The molecule has 0 aromatic heterocycles. The van der Waals surface area contributed by atoms with Crippen molar-refractivity contribution in [3.05, 3.63) is 0 Å². The third kappa shape index (κ3) is 6.98. The first-order chi connectivity index (χ1) is 9.39. The van der Waals surface area contributed by atoms with Crippen molar-refractivity contribution in [1.29, 1.82) is 0 Å². The van der Waals surface area contributed by atoms with Crippen LogP contribution in [0.2, 0.25) is 0 Å². The molecule has 5 heteroatoms. The number of carbonyl (C=O) groups is 1. The Hall–Kier alpha value is -0.320. The van der Waals surface area contributed by atoms with Crippen molar-refractivity contribution in [2.75, 3.05) is 26.2 Å². The van der Waals surface area contributed by atoms with Crippen LogP contribution in [0.1, 0.15) is 53.9 Å². The fraction of sp³-hybridized carbons (Fsp3) is 0.938. The van der Waals surface area contributed by atoms with Crippen LogP contribution in [0.15, 0.2) is 0 Å². The first-order valence-corrected chi connectivity index (χ1v) is 8.16. The van der Waals surface area contributed by atoms with Crippen LogP contribution in [0.25, 0.3) is 0 Å². The second-order valence-corrected chi connectivity index (χ2v) is 6.69. The van der Waals surface area contributed by atoms with Gasteiger partial charge in [0, 0.05) is 5.54 Å². The number of likely N-dealkylation sites (tertiary alicyclic amines) is 1. The standard InChI is InChI=1S/C16H33N3O.ClH/c1-6-16(4,5)18-15(20)13(3)19-10-8-14(9-11-19)12-17-7-2;/h13-14,17H,6-12H2,1-5H3,(H,18,20);1H. The summed E-state index contributed by atoms with van der Waals surface area (Å²) in [7, 11) is 0. The molecular weight excluding hydrogens is 286 g/mol. The van der Waals surface area contributed by atoms with Gasteiger partial charge in [-0.2, -0.15) is 0 Å². The van der Waals surface area contributed by atoms with Crippen molar-refractivity contribution in [3.63, 3.8) is 0 Å². The molecule has 1 saturated heterocycles. The lowest BCUT2D eigenvalue weighted by atomic mass is 9.95. The Bertz CT molecular complexity index is 302. The number of hydrogen-bond donors (Lipinski definition) is 2. The summed E-state index contributed by atoms with van der Waals surface area (Å²) in [4.78, 5) is 14.6. The van der Waals surface area contributed by atoms with Crippen molar-refractivity contribution >= 4 is 18.3 Å². The topological polar surface area (TPSA) is 44.4 Å². The molecule has 1 rings (SSSR count). The minimum absolute atomic E-state index is 0. The summed E-state index contributed by atoms with van der Waals surface area (Å²) in [6, 6.07) is -0.0130. The van der Waals surface area contributed by atoms with Crippen molar-refractivity contribution in [3.8, 4) is 0 Å². The van der Waals surface area contributed by atoms with Gasteiger partial charge in [0.05, 0.1) is 6.04 Å². The zero-order valence-electron chi connectivity index (χ0n) is 14.4. The SMILES string of the molecule is CCNCC1CCN(C(C)C(=O)NC(C)(C)CC)CC1.Cl. The third-order valence-electron chi connectivity index (χ3n) is 4.60. The molecule has 1 heterocycles. The quantitative estimate of drug-likeness (QED) is 0.757. The van der Waals surface area contributed by atoms with Crippen LogP contribution >= 0.6 is 12.4 Å². The fourth-order valence-electron chi connectivity index (χ4n) is 2.58. The van der Waals surface area contributed by atoms with Gasteiger partial charge in [-0.1, -0.05) is 13.8 Å². The molecule has 1 aliphatic heterocycles. The molecule has 1 aliphatic rings. The van der Waals surface area contributed by atoms with Crippen LogP contribution in [-0.4, -0.2) is 48.6 Å². The molecular formula is C16H34ClN3O. The number of hydrogen-bond acceptors (Lipinski definition) is 3. The molecule has 21 heavy (non-hydrogen) atoms. The predicted molar refractivity (Wildman–Crippen MR) is 92.1 cm³/mol. The van der Waals surface area contributed by atoms with Gasteiger partial charge in [0.1, 0.15) is 0 Å². The number of halogens is 1. The first kappa shape index (κ1) is 20.7. The van der Waals surface area contributed by atoms with Gasteiger partial charge in [0.15, 0.2) is 0 Å². The molecule has 1 atom stereocenters. The summed E-state index contributed by atoms with van der Waals surface area (Å²) in [6.07, 6.45) is 3.35. The highest BCUT2D eigenvalue weighted by atomic mass is 35.5. The van der Waals surface area contributed by atoms with Gasteiger partial charge in [0.2, 0.25) is 5.91 Å². The van der Waals surface area contributed by atoms with Gasteiger partial charge in [-0.25, -0.2) is 0 Å². The Morgan fingerprint density at radius 2 is 1.86 bits per heavy atom. The van der Waals surface area contributed by atoms with E-state index in [9.17, 15) is 4.79 Å². The Balaban J connectivity index is 0.00000400. The molecule has 2 N–H and O–H groups in total. The smallest absolute Gasteiger partial charge is 0.237 e. The summed E-state index contributed by atoms with van der Waals surface area (Å²) in [5.74, 6) is 0.940. The van der Waals surface area contributed by atoms with Crippen LogP contribution in [0.4, 0.5) is 0 Å². The lowest BCUT2D eigenvalue weighted by molar-refractivity contribution is -0.128. The van der Waals surface area contributed by atoms with Crippen LogP contribution in [0.5, 0.6) is 0 Å². The molecule has 0 radical (unpaired) electrons. The molecule has 0 saturated carbocycles. The number of nitrogens with zero attached hydrogens (tertiary/aromatic N) is 1. The summed E-state index contributed by atoms with van der Waals surface area (Å²) < 4.78 is 0. The van der Waals surface area contributed by atoms with E-state index in [4.69, 9.17) is 0 Å². The van der Waals surface area contributed by atoms with Crippen molar-refractivity contribution in [1.82, 2.24) is 15.5 Å². The largest absolute Gasteiger partial charge is 0.350 e. The van der Waals surface area contributed by atoms with Gasteiger partial charge in [0.25, 0.3) is 0 Å². The second kappa shape index (κ2) is 9.65. The zero-order valence-corrected chi connectivity index (χ0v) is 15.2. The molecule has 1 amide bonds. The molecule has 1 fully saturated rings. The number of carbonyl (C=O) groups excluding carboxylic acids is 1. The van der Waals surface area contributed by atoms with Crippen molar-refractivity contribution in [2.24, 2.45) is 5.92 Å². The summed E-state index contributed by atoms with van der Waals surface area (Å²) in [6.45, 7) is 14.7. The molecule has 0 bridgehead atoms. The maximum atomic E-state index is 12.3. The van der Waals surface area contributed by atoms with E-state index in [-0.39, 0.29) is 29.9 Å². The average molecular weight is 320 g/mol. The number of amides is 1. The Morgan fingerprint density at radius 3 is 2.33 bits per heavy atom. The number of nitrogens with one attached hydrogen (secondary N) is 2. The van der Waals surface area contributed by atoms with E-state index in [0.717, 1.165) is 38.5 Å². The van der Waals surface area contributed by atoms with E-state index in [1.807, 2.05) is 6.92 Å². The number of piperidine rings is 1. The first-order valence-electron chi connectivity index (χ1n) is 8.16. The maximum Gasteiger partial charge on any atom is 0.237 e. The fourth-order valence-corrected chi connectivity index (χ4v) is 2.58. The van der Waals surface area contributed by atoms with Gasteiger partial charge < -0.3 is 10.6 Å². The van der Waals surface area contributed by atoms with E-state index in [0.29, 0.717) is 0 Å². The lowest BCUT2D eigenvalue weighted by Gasteiger charge is -2.37. The summed E-state index contributed by atoms with van der Waals surface area (Å²) in [5.41, 5.74) is -0.102. The van der Waals surface area contributed by atoms with E-state index >= 15 is 0 Å². The average Bonchev–Trinajstić information content (AvgIpc) is 2.44. The molecule has 4 nitrogen and oxygen atoms in total. The van der Waals surface area contributed by atoms with E-state index in [2.05, 4.69) is 43.2 Å². The molecule has 126 valence electrons. The third-order valence-corrected chi connectivity index (χ3v) is 4.60. The van der Waals surface area contributed by atoms with E-state index in [1.54, 1.807) is 0 Å². The van der Waals surface area contributed by atoms with Crippen LogP contribution in [-0.2, 0) is 4.79 Å². The highest BCUT2D eigenvalue weighted by molar-refractivity contribution is 5.85. The van der Waals surface area contributed by atoms with Crippen LogP contribution in [0.3, 0.4) is 0 Å². The molecule has 0 aromatic rings. The Kier molecular flexibility index (Phi) is 9.50. The van der Waals surface area contributed by atoms with Gasteiger partial charge in [-0.3, -0.25) is 9.69 Å². The Morgan fingerprint density at radius 1 is 1.29 bits per heavy atom. The number of rotatable bonds is 7. The van der Waals surface area contributed by atoms with Gasteiger partial charge in [-0.15, -0.1) is 12.4 Å². The van der Waals surface area contributed by atoms with Gasteiger partial charge >= 0.3 is 0 Å². The van der Waals surface area contributed by atoms with Gasteiger partial charge in [-0.05, 0) is 72.1 Å². The van der Waals surface area contributed by atoms with E-state index < -0.39 is 0 Å². The zero-order chi connectivity index (χ0) is 15.2. The monoisotopic (exact) mass is 319 g/mol. The minimum Gasteiger partial charge on any atom is -0.350 e. The van der Waals surface area contributed by atoms with Crippen LogP contribution < -0.4 is 10.6 Å². The highest BCUT2D eigenvalue weighted by Gasteiger charge is 2.28. The van der Waals surface area contributed by atoms with Crippen LogP contribution in [0, 0.1) is 5.92 Å². The highest BCUT2D eigenvalue weighted by Crippen LogP contribution is 2.19. The Labute approximate surface area is 136 Å². The van der Waals surface area contributed by atoms with Crippen molar-refractivity contribution in [2.45, 2.75) is 65.5 Å². The second-order valence-electron chi connectivity index (χ2n) is 6.69. The van der Waals surface area contributed by atoms with Crippen molar-refractivity contribution < 1.29 is 4.79 Å². The molecule has 0 aromatic carbocycles. The molecule has 0 spiro atoms. The predicted octanol–water partition coefficient (Wildman–Crippen LogP) is 2.42. The summed E-state index contributed by atoms with van der Waals surface area (Å²) in [5, 5.41) is 6.58. The summed E-state index contributed by atoms with van der Waals surface area (Å²) >= 11 is 0.